The number of pyridine rings is 1. The molecule has 1 N–H and O–H groups in total. The van der Waals surface area contributed by atoms with Crippen LogP contribution in [0.2, 0.25) is 5.15 Å². The number of anilines is 1. The molecule has 0 amide bonds. The number of nitrogens with one attached hydrogen (secondary N) is 1. The molecule has 0 saturated carbocycles. The zero-order valence-corrected chi connectivity index (χ0v) is 8.96. The van der Waals surface area contributed by atoms with Crippen LogP contribution in [0.5, 0.6) is 0 Å². The zero-order chi connectivity index (χ0) is 9.97. The highest BCUT2D eigenvalue weighted by Gasteiger charge is 2.22. The van der Waals surface area contributed by atoms with Crippen LogP contribution in [-0.4, -0.2) is 36.6 Å². The number of likely N-dealkylation sites (tertiary alicyclic amines) is 1. The van der Waals surface area contributed by atoms with E-state index in [9.17, 15) is 0 Å². The fourth-order valence-corrected chi connectivity index (χ4v) is 1.88. The molecule has 1 aromatic heterocycles. The summed E-state index contributed by atoms with van der Waals surface area (Å²) in [5.74, 6) is 1.62. The number of halogens is 1. The molecule has 1 saturated heterocycles. The Labute approximate surface area is 89.1 Å². The molecule has 0 bridgehead atoms. The lowest BCUT2D eigenvalue weighted by atomic mass is 10.0. The van der Waals surface area contributed by atoms with Gasteiger partial charge in [-0.05, 0) is 19.2 Å². The van der Waals surface area contributed by atoms with Crippen molar-refractivity contribution in [2.75, 3.05) is 32.0 Å². The molecule has 0 aliphatic carbocycles. The first-order chi connectivity index (χ1) is 6.74. The van der Waals surface area contributed by atoms with Crippen LogP contribution < -0.4 is 5.32 Å². The van der Waals surface area contributed by atoms with Gasteiger partial charge in [-0.25, -0.2) is 4.98 Å². The first kappa shape index (κ1) is 9.74. The molecule has 1 aliphatic rings. The van der Waals surface area contributed by atoms with Crippen molar-refractivity contribution in [1.82, 2.24) is 9.88 Å². The standard InChI is InChI=1S/C10H14ClN3/c1-14-6-8(7-14)5-12-10-4-2-3-9(11)13-10/h2-4,8H,5-7H2,1H3,(H,12,13). The SMILES string of the molecule is CN1CC(CNc2cccc(Cl)n2)C1. The Morgan fingerprint density at radius 3 is 3.00 bits per heavy atom. The van der Waals surface area contributed by atoms with E-state index < -0.39 is 0 Å². The highest BCUT2D eigenvalue weighted by Crippen LogP contribution is 2.14. The van der Waals surface area contributed by atoms with Gasteiger partial charge in [-0.15, -0.1) is 0 Å². The number of rotatable bonds is 3. The first-order valence-corrected chi connectivity index (χ1v) is 5.17. The van der Waals surface area contributed by atoms with Crippen LogP contribution in [0.1, 0.15) is 0 Å². The van der Waals surface area contributed by atoms with Gasteiger partial charge in [0.15, 0.2) is 0 Å². The van der Waals surface area contributed by atoms with Gasteiger partial charge in [-0.3, -0.25) is 0 Å². The van der Waals surface area contributed by atoms with Crippen LogP contribution in [0.4, 0.5) is 5.82 Å². The summed E-state index contributed by atoms with van der Waals surface area (Å²) in [6, 6.07) is 5.63. The lowest BCUT2D eigenvalue weighted by molar-refractivity contribution is 0.144. The third kappa shape index (κ3) is 2.36. The largest absolute Gasteiger partial charge is 0.370 e. The molecular formula is C10H14ClN3. The number of aromatic nitrogens is 1. The van der Waals surface area contributed by atoms with E-state index >= 15 is 0 Å². The average molecular weight is 212 g/mol. The summed E-state index contributed by atoms with van der Waals surface area (Å²) in [6.07, 6.45) is 0. The van der Waals surface area contributed by atoms with Crippen molar-refractivity contribution < 1.29 is 0 Å². The Morgan fingerprint density at radius 2 is 2.36 bits per heavy atom. The van der Waals surface area contributed by atoms with Crippen molar-refractivity contribution in [2.45, 2.75) is 0 Å². The zero-order valence-electron chi connectivity index (χ0n) is 8.20. The van der Waals surface area contributed by atoms with E-state index in [-0.39, 0.29) is 0 Å². The molecule has 0 aromatic carbocycles. The predicted molar refractivity (Wildman–Crippen MR) is 58.7 cm³/mol. The minimum Gasteiger partial charge on any atom is -0.370 e. The summed E-state index contributed by atoms with van der Waals surface area (Å²) in [7, 11) is 2.13. The van der Waals surface area contributed by atoms with Crippen LogP contribution in [0.25, 0.3) is 0 Å². The monoisotopic (exact) mass is 211 g/mol. The quantitative estimate of drug-likeness (QED) is 0.772. The Kier molecular flexibility index (Phi) is 2.89. The van der Waals surface area contributed by atoms with E-state index in [1.165, 1.54) is 13.1 Å². The summed E-state index contributed by atoms with van der Waals surface area (Å²) < 4.78 is 0. The van der Waals surface area contributed by atoms with Gasteiger partial charge in [0.25, 0.3) is 0 Å². The molecule has 3 nitrogen and oxygen atoms in total. The van der Waals surface area contributed by atoms with Crippen molar-refractivity contribution in [1.29, 1.82) is 0 Å². The fraction of sp³-hybridized carbons (Fsp3) is 0.500. The molecule has 0 spiro atoms. The van der Waals surface area contributed by atoms with Crippen LogP contribution in [-0.2, 0) is 0 Å². The third-order valence-electron chi connectivity index (χ3n) is 2.43. The van der Waals surface area contributed by atoms with E-state index in [1.54, 1.807) is 6.07 Å². The van der Waals surface area contributed by atoms with Gasteiger partial charge in [0, 0.05) is 25.6 Å². The second kappa shape index (κ2) is 4.15. The Morgan fingerprint density at radius 1 is 1.57 bits per heavy atom. The molecule has 0 atom stereocenters. The van der Waals surface area contributed by atoms with Gasteiger partial charge >= 0.3 is 0 Å². The third-order valence-corrected chi connectivity index (χ3v) is 2.64. The van der Waals surface area contributed by atoms with Crippen molar-refractivity contribution in [3.8, 4) is 0 Å². The molecule has 1 aliphatic heterocycles. The van der Waals surface area contributed by atoms with Crippen LogP contribution in [0.3, 0.4) is 0 Å². The highest BCUT2D eigenvalue weighted by atomic mass is 35.5. The van der Waals surface area contributed by atoms with Crippen LogP contribution in [0.15, 0.2) is 18.2 Å². The average Bonchev–Trinajstić information content (AvgIpc) is 2.11. The normalized spacial score (nSPS) is 17.9. The molecule has 1 fully saturated rings. The smallest absolute Gasteiger partial charge is 0.131 e. The van der Waals surface area contributed by atoms with Gasteiger partial charge in [-0.1, -0.05) is 17.7 Å². The van der Waals surface area contributed by atoms with Gasteiger partial charge < -0.3 is 10.2 Å². The highest BCUT2D eigenvalue weighted by molar-refractivity contribution is 6.29. The van der Waals surface area contributed by atoms with E-state index in [0.29, 0.717) is 5.15 Å². The molecular weight excluding hydrogens is 198 g/mol. The summed E-state index contributed by atoms with van der Waals surface area (Å²) >= 11 is 5.77. The minimum atomic E-state index is 0.542. The van der Waals surface area contributed by atoms with Crippen LogP contribution in [0, 0.1) is 5.92 Å². The summed E-state index contributed by atoms with van der Waals surface area (Å²) in [5, 5.41) is 3.83. The molecule has 1 aromatic rings. The topological polar surface area (TPSA) is 28.2 Å². The minimum absolute atomic E-state index is 0.542. The van der Waals surface area contributed by atoms with E-state index in [4.69, 9.17) is 11.6 Å². The molecule has 2 heterocycles. The van der Waals surface area contributed by atoms with Gasteiger partial charge in [-0.2, -0.15) is 0 Å². The van der Waals surface area contributed by atoms with Gasteiger partial charge in [0.05, 0.1) is 0 Å². The maximum Gasteiger partial charge on any atom is 0.131 e. The molecule has 0 unspecified atom stereocenters. The molecule has 2 rings (SSSR count). The summed E-state index contributed by atoms with van der Waals surface area (Å²) in [4.78, 5) is 6.47. The lowest BCUT2D eigenvalue weighted by Crippen LogP contribution is -2.46. The van der Waals surface area contributed by atoms with Crippen molar-refractivity contribution >= 4 is 17.4 Å². The van der Waals surface area contributed by atoms with E-state index in [0.717, 1.165) is 18.3 Å². The Bertz CT molecular complexity index is 310. The molecule has 4 heteroatoms. The predicted octanol–water partition coefficient (Wildman–Crippen LogP) is 1.71. The van der Waals surface area contributed by atoms with Crippen molar-refractivity contribution in [2.24, 2.45) is 5.92 Å². The van der Waals surface area contributed by atoms with Crippen molar-refractivity contribution in [3.63, 3.8) is 0 Å². The van der Waals surface area contributed by atoms with Gasteiger partial charge in [0.1, 0.15) is 11.0 Å². The maximum atomic E-state index is 5.77. The molecule has 76 valence electrons. The Balaban J connectivity index is 1.80. The maximum absolute atomic E-state index is 5.77. The fourth-order valence-electron chi connectivity index (χ4n) is 1.71. The lowest BCUT2D eigenvalue weighted by Gasteiger charge is -2.36. The van der Waals surface area contributed by atoms with E-state index in [2.05, 4.69) is 22.2 Å². The number of hydrogen-bond donors (Lipinski definition) is 1. The molecule has 14 heavy (non-hydrogen) atoms. The van der Waals surface area contributed by atoms with Crippen LogP contribution >= 0.6 is 11.6 Å². The van der Waals surface area contributed by atoms with Gasteiger partial charge in [0.2, 0.25) is 0 Å². The second-order valence-electron chi connectivity index (χ2n) is 3.81. The second-order valence-corrected chi connectivity index (χ2v) is 4.20. The van der Waals surface area contributed by atoms with Crippen molar-refractivity contribution in [3.05, 3.63) is 23.4 Å². The summed E-state index contributed by atoms with van der Waals surface area (Å²) in [5.41, 5.74) is 0. The number of hydrogen-bond acceptors (Lipinski definition) is 3. The molecule has 0 radical (unpaired) electrons. The number of nitrogens with zero attached hydrogens (tertiary/aromatic N) is 2. The van der Waals surface area contributed by atoms with E-state index in [1.807, 2.05) is 12.1 Å². The Hall–Kier alpha value is -0.800. The first-order valence-electron chi connectivity index (χ1n) is 4.79. The summed E-state index contributed by atoms with van der Waals surface area (Å²) in [6.45, 7) is 3.33.